The number of benzene rings is 1. The lowest BCUT2D eigenvalue weighted by Crippen LogP contribution is -2.43. The van der Waals surface area contributed by atoms with Gasteiger partial charge < -0.3 is 10.0 Å². The van der Waals surface area contributed by atoms with Crippen LogP contribution in [0.4, 0.5) is 4.79 Å². The average molecular weight is 373 g/mol. The van der Waals surface area contributed by atoms with Gasteiger partial charge in [-0.05, 0) is 48.4 Å². The van der Waals surface area contributed by atoms with Gasteiger partial charge in [0.2, 0.25) is 0 Å². The first-order valence-electron chi connectivity index (χ1n) is 8.48. The molecule has 24 heavy (non-hydrogen) atoms. The largest absolute Gasteiger partial charge is 0.465 e. The number of amides is 1. The summed E-state index contributed by atoms with van der Waals surface area (Å²) in [5.74, 6) is 0.919. The maximum Gasteiger partial charge on any atom is 0.407 e. The Kier molecular flexibility index (Phi) is 7.20. The molecule has 0 aliphatic carbocycles. The topological polar surface area (TPSA) is 43.8 Å². The third kappa shape index (κ3) is 6.15. The predicted molar refractivity (Wildman–Crippen MR) is 98.9 cm³/mol. The molecule has 1 aliphatic heterocycles. The first-order chi connectivity index (χ1) is 11.3. The zero-order valence-electron chi connectivity index (χ0n) is 14.3. The van der Waals surface area contributed by atoms with Crippen LogP contribution in [-0.4, -0.2) is 47.2 Å². The number of piperidine rings is 1. The average Bonchev–Trinajstić information content (AvgIpc) is 2.45. The van der Waals surface area contributed by atoms with Gasteiger partial charge in [0.05, 0.1) is 0 Å². The molecule has 4 nitrogen and oxygen atoms in total. The van der Waals surface area contributed by atoms with Gasteiger partial charge in [-0.25, -0.2) is 4.79 Å². The standard InChI is InChI=1S/C18H26Cl2N2O2/c1-13(2)9-21(11-15-6-16(19)8-17(20)7-15)10-14-4-3-5-22(12-14)18(23)24/h6-8,13-14H,3-5,9-12H2,1-2H3,(H,23,24)/t14-/m0/s1. The van der Waals surface area contributed by atoms with Crippen molar-refractivity contribution >= 4 is 29.3 Å². The van der Waals surface area contributed by atoms with Gasteiger partial charge in [-0.15, -0.1) is 0 Å². The molecule has 0 unspecified atom stereocenters. The van der Waals surface area contributed by atoms with Crippen molar-refractivity contribution in [1.82, 2.24) is 9.80 Å². The van der Waals surface area contributed by atoms with Crippen molar-refractivity contribution in [1.29, 1.82) is 0 Å². The number of likely N-dealkylation sites (tertiary alicyclic amines) is 1. The van der Waals surface area contributed by atoms with E-state index in [1.807, 2.05) is 12.1 Å². The fraction of sp³-hybridized carbons (Fsp3) is 0.611. The third-order valence-corrected chi connectivity index (χ3v) is 4.69. The van der Waals surface area contributed by atoms with Crippen LogP contribution in [0, 0.1) is 11.8 Å². The predicted octanol–water partition coefficient (Wildman–Crippen LogP) is 4.84. The number of hydrogen-bond acceptors (Lipinski definition) is 2. The van der Waals surface area contributed by atoms with Crippen LogP contribution in [0.25, 0.3) is 0 Å². The molecule has 1 N–H and O–H groups in total. The molecule has 2 rings (SSSR count). The molecule has 1 fully saturated rings. The molecule has 1 aromatic carbocycles. The Balaban J connectivity index is 2.03. The number of carboxylic acid groups (broad SMARTS) is 1. The van der Waals surface area contributed by atoms with E-state index in [9.17, 15) is 9.90 Å². The Hall–Kier alpha value is -0.970. The van der Waals surface area contributed by atoms with Crippen molar-refractivity contribution < 1.29 is 9.90 Å². The maximum absolute atomic E-state index is 11.2. The number of carbonyl (C=O) groups is 1. The van der Waals surface area contributed by atoms with E-state index < -0.39 is 6.09 Å². The van der Waals surface area contributed by atoms with Crippen molar-refractivity contribution in [3.8, 4) is 0 Å². The van der Waals surface area contributed by atoms with E-state index in [1.54, 1.807) is 6.07 Å². The Morgan fingerprint density at radius 2 is 2.00 bits per heavy atom. The van der Waals surface area contributed by atoms with Gasteiger partial charge in [0.25, 0.3) is 0 Å². The monoisotopic (exact) mass is 372 g/mol. The minimum atomic E-state index is -0.809. The molecule has 0 saturated carbocycles. The van der Waals surface area contributed by atoms with E-state index in [4.69, 9.17) is 23.2 Å². The summed E-state index contributed by atoms with van der Waals surface area (Å²) in [7, 11) is 0. The van der Waals surface area contributed by atoms with E-state index in [2.05, 4.69) is 18.7 Å². The van der Waals surface area contributed by atoms with Crippen LogP contribution in [-0.2, 0) is 6.54 Å². The lowest BCUT2D eigenvalue weighted by molar-refractivity contribution is 0.102. The Morgan fingerprint density at radius 3 is 2.58 bits per heavy atom. The quantitative estimate of drug-likeness (QED) is 0.776. The third-order valence-electron chi connectivity index (χ3n) is 4.26. The van der Waals surface area contributed by atoms with Gasteiger partial charge in [0, 0.05) is 42.8 Å². The smallest absolute Gasteiger partial charge is 0.407 e. The van der Waals surface area contributed by atoms with Crippen molar-refractivity contribution in [2.24, 2.45) is 11.8 Å². The normalized spacial score (nSPS) is 18.4. The number of halogens is 2. The van der Waals surface area contributed by atoms with Gasteiger partial charge in [-0.2, -0.15) is 0 Å². The van der Waals surface area contributed by atoms with Crippen LogP contribution >= 0.6 is 23.2 Å². The van der Waals surface area contributed by atoms with E-state index >= 15 is 0 Å². The Labute approximate surface area is 154 Å². The fourth-order valence-electron chi connectivity index (χ4n) is 3.43. The van der Waals surface area contributed by atoms with Crippen LogP contribution in [0.3, 0.4) is 0 Å². The minimum absolute atomic E-state index is 0.378. The van der Waals surface area contributed by atoms with Gasteiger partial charge in [-0.1, -0.05) is 37.0 Å². The summed E-state index contributed by atoms with van der Waals surface area (Å²) in [6, 6.07) is 5.64. The van der Waals surface area contributed by atoms with Crippen molar-refractivity contribution in [3.05, 3.63) is 33.8 Å². The first kappa shape index (κ1) is 19.4. The molecular formula is C18H26Cl2N2O2. The molecule has 1 atom stereocenters. The Bertz CT molecular complexity index is 546. The molecule has 134 valence electrons. The van der Waals surface area contributed by atoms with E-state index in [1.165, 1.54) is 4.90 Å². The minimum Gasteiger partial charge on any atom is -0.465 e. The highest BCUT2D eigenvalue weighted by molar-refractivity contribution is 6.34. The number of hydrogen-bond donors (Lipinski definition) is 1. The summed E-state index contributed by atoms with van der Waals surface area (Å²) in [5.41, 5.74) is 1.10. The number of rotatable bonds is 6. The van der Waals surface area contributed by atoms with Gasteiger partial charge in [0.1, 0.15) is 0 Å². The van der Waals surface area contributed by atoms with Gasteiger partial charge >= 0.3 is 6.09 Å². The molecule has 0 bridgehead atoms. The summed E-state index contributed by atoms with van der Waals surface area (Å²) in [6.45, 7) is 8.31. The van der Waals surface area contributed by atoms with E-state index in [0.29, 0.717) is 35.0 Å². The zero-order valence-corrected chi connectivity index (χ0v) is 15.9. The second-order valence-electron chi connectivity index (χ2n) is 7.10. The van der Waals surface area contributed by atoms with Crippen molar-refractivity contribution in [2.45, 2.75) is 33.2 Å². The lowest BCUT2D eigenvalue weighted by Gasteiger charge is -2.35. The van der Waals surface area contributed by atoms with Crippen molar-refractivity contribution in [2.75, 3.05) is 26.2 Å². The Morgan fingerprint density at radius 1 is 1.33 bits per heavy atom. The zero-order chi connectivity index (χ0) is 17.7. The summed E-state index contributed by atoms with van der Waals surface area (Å²) >= 11 is 12.2. The van der Waals surface area contributed by atoms with Gasteiger partial charge in [0.15, 0.2) is 0 Å². The summed E-state index contributed by atoms with van der Waals surface area (Å²) in [4.78, 5) is 15.1. The van der Waals surface area contributed by atoms with Crippen LogP contribution in [0.15, 0.2) is 18.2 Å². The molecule has 1 aromatic rings. The second-order valence-corrected chi connectivity index (χ2v) is 7.98. The highest BCUT2D eigenvalue weighted by Crippen LogP contribution is 2.23. The summed E-state index contributed by atoms with van der Waals surface area (Å²) in [6.07, 6.45) is 1.21. The molecule has 1 saturated heterocycles. The summed E-state index contributed by atoms with van der Waals surface area (Å²) in [5, 5.41) is 10.5. The molecule has 1 amide bonds. The van der Waals surface area contributed by atoms with Crippen LogP contribution in [0.1, 0.15) is 32.3 Å². The highest BCUT2D eigenvalue weighted by Gasteiger charge is 2.25. The SMILES string of the molecule is CC(C)CN(Cc1cc(Cl)cc(Cl)c1)C[C@@H]1CCCN(C(=O)O)C1. The molecule has 0 spiro atoms. The van der Waals surface area contributed by atoms with Crippen LogP contribution in [0.5, 0.6) is 0 Å². The van der Waals surface area contributed by atoms with Crippen LogP contribution < -0.4 is 0 Å². The summed E-state index contributed by atoms with van der Waals surface area (Å²) < 4.78 is 0. The molecule has 6 heteroatoms. The highest BCUT2D eigenvalue weighted by atomic mass is 35.5. The van der Waals surface area contributed by atoms with Crippen LogP contribution in [0.2, 0.25) is 10.0 Å². The second kappa shape index (κ2) is 8.93. The first-order valence-corrected chi connectivity index (χ1v) is 9.24. The molecule has 0 aromatic heterocycles. The molecule has 1 aliphatic rings. The molecular weight excluding hydrogens is 347 g/mol. The molecule has 0 radical (unpaired) electrons. The molecule has 1 heterocycles. The fourth-order valence-corrected chi connectivity index (χ4v) is 4.00. The van der Waals surface area contributed by atoms with Gasteiger partial charge in [-0.3, -0.25) is 4.90 Å². The maximum atomic E-state index is 11.2. The van der Waals surface area contributed by atoms with E-state index in [-0.39, 0.29) is 0 Å². The lowest BCUT2D eigenvalue weighted by atomic mass is 9.97. The van der Waals surface area contributed by atoms with Crippen molar-refractivity contribution in [3.63, 3.8) is 0 Å². The van der Waals surface area contributed by atoms with E-state index in [0.717, 1.165) is 38.0 Å². The number of nitrogens with zero attached hydrogens (tertiary/aromatic N) is 2.